The molecule has 0 saturated carbocycles. The monoisotopic (exact) mass is 413 g/mol. The van der Waals surface area contributed by atoms with Gasteiger partial charge >= 0.3 is 5.97 Å². The molecule has 1 aromatic carbocycles. The molecule has 1 N–H and O–H groups in total. The summed E-state index contributed by atoms with van der Waals surface area (Å²) in [4.78, 5) is 43.9. The molecule has 0 aliphatic rings. The summed E-state index contributed by atoms with van der Waals surface area (Å²) in [5.41, 5.74) is 1.41. The molecule has 2 aromatic heterocycles. The van der Waals surface area contributed by atoms with Crippen molar-refractivity contribution in [2.75, 3.05) is 13.1 Å². The van der Waals surface area contributed by atoms with Crippen molar-refractivity contribution in [1.29, 1.82) is 0 Å². The molecule has 1 amide bonds. The standard InChI is InChI=1S/C21H23N3O4S/c1-3-10-23(11-9-16(25)26)21(28)18-14(2)17-19(29-18)22-13-24(20(17)27)12-15-7-5-4-6-8-15/h4-8,13H,3,9-12H2,1-2H3,(H,25,26). The van der Waals surface area contributed by atoms with Crippen LogP contribution in [0.5, 0.6) is 0 Å². The largest absolute Gasteiger partial charge is 0.481 e. The molecule has 2 heterocycles. The molecule has 3 aromatic rings. The van der Waals surface area contributed by atoms with E-state index in [1.54, 1.807) is 11.5 Å². The summed E-state index contributed by atoms with van der Waals surface area (Å²) in [6, 6.07) is 9.63. The number of aryl methyl sites for hydroxylation is 1. The molecule has 0 aliphatic carbocycles. The molecule has 0 bridgehead atoms. The van der Waals surface area contributed by atoms with Crippen LogP contribution < -0.4 is 5.56 Å². The number of carboxylic acid groups (broad SMARTS) is 1. The van der Waals surface area contributed by atoms with Gasteiger partial charge in [-0.1, -0.05) is 37.3 Å². The molecule has 0 unspecified atom stereocenters. The Morgan fingerprint density at radius 3 is 2.59 bits per heavy atom. The maximum Gasteiger partial charge on any atom is 0.305 e. The van der Waals surface area contributed by atoms with E-state index >= 15 is 0 Å². The number of carbonyl (C=O) groups is 2. The third-order valence-corrected chi connectivity index (χ3v) is 5.87. The van der Waals surface area contributed by atoms with Gasteiger partial charge in [0.25, 0.3) is 11.5 Å². The first-order valence-corrected chi connectivity index (χ1v) is 10.3. The Morgan fingerprint density at radius 2 is 1.93 bits per heavy atom. The topological polar surface area (TPSA) is 92.5 Å². The van der Waals surface area contributed by atoms with E-state index in [1.807, 2.05) is 37.3 Å². The SMILES string of the molecule is CCCN(CCC(=O)O)C(=O)c1sc2ncn(Cc3ccccc3)c(=O)c2c1C. The predicted octanol–water partition coefficient (Wildman–Crippen LogP) is 3.14. The normalized spacial score (nSPS) is 11.0. The average molecular weight is 413 g/mol. The van der Waals surface area contributed by atoms with Crippen molar-refractivity contribution >= 4 is 33.4 Å². The fourth-order valence-corrected chi connectivity index (χ4v) is 4.32. The molecular weight excluding hydrogens is 390 g/mol. The number of thiophene rings is 1. The van der Waals surface area contributed by atoms with Gasteiger partial charge in [-0.15, -0.1) is 11.3 Å². The summed E-state index contributed by atoms with van der Waals surface area (Å²) in [6.07, 6.45) is 2.12. The Balaban J connectivity index is 1.96. The van der Waals surface area contributed by atoms with Gasteiger partial charge in [0.15, 0.2) is 0 Å². The third kappa shape index (κ3) is 4.54. The summed E-state index contributed by atoms with van der Waals surface area (Å²) in [6.45, 7) is 4.69. The maximum absolute atomic E-state index is 13.0. The average Bonchev–Trinajstić information content (AvgIpc) is 3.04. The fourth-order valence-electron chi connectivity index (χ4n) is 3.21. The number of nitrogens with zero attached hydrogens (tertiary/aromatic N) is 3. The first-order chi connectivity index (χ1) is 13.9. The summed E-state index contributed by atoms with van der Waals surface area (Å²) >= 11 is 1.19. The van der Waals surface area contributed by atoms with Crippen LogP contribution in [-0.4, -0.2) is 44.5 Å². The molecule has 152 valence electrons. The second-order valence-corrected chi connectivity index (χ2v) is 7.83. The number of fused-ring (bicyclic) bond motifs is 1. The van der Waals surface area contributed by atoms with Crippen molar-refractivity contribution in [3.05, 3.63) is 63.0 Å². The van der Waals surface area contributed by atoms with Crippen LogP contribution in [0.25, 0.3) is 10.2 Å². The molecule has 8 heteroatoms. The van der Waals surface area contributed by atoms with Gasteiger partial charge in [0, 0.05) is 13.1 Å². The molecule has 29 heavy (non-hydrogen) atoms. The minimum Gasteiger partial charge on any atom is -0.481 e. The Kier molecular flexibility index (Phi) is 6.43. The molecule has 0 atom stereocenters. The van der Waals surface area contributed by atoms with Gasteiger partial charge in [0.05, 0.1) is 29.6 Å². The zero-order chi connectivity index (χ0) is 21.0. The lowest BCUT2D eigenvalue weighted by Gasteiger charge is -2.20. The highest BCUT2D eigenvalue weighted by Gasteiger charge is 2.23. The van der Waals surface area contributed by atoms with Gasteiger partial charge in [0.2, 0.25) is 0 Å². The fraction of sp³-hybridized carbons (Fsp3) is 0.333. The van der Waals surface area contributed by atoms with Crippen LogP contribution >= 0.6 is 11.3 Å². The minimum absolute atomic E-state index is 0.113. The third-order valence-electron chi connectivity index (χ3n) is 4.68. The number of carbonyl (C=O) groups excluding carboxylic acids is 1. The van der Waals surface area contributed by atoms with Crippen LogP contribution in [0.15, 0.2) is 41.5 Å². The Morgan fingerprint density at radius 1 is 1.21 bits per heavy atom. The van der Waals surface area contributed by atoms with Gasteiger partial charge in [-0.2, -0.15) is 0 Å². The van der Waals surface area contributed by atoms with E-state index in [4.69, 9.17) is 5.11 Å². The molecule has 0 saturated heterocycles. The number of carboxylic acids is 1. The van der Waals surface area contributed by atoms with Gasteiger partial charge in [-0.3, -0.25) is 19.0 Å². The lowest BCUT2D eigenvalue weighted by Crippen LogP contribution is -2.33. The van der Waals surface area contributed by atoms with Gasteiger partial charge in [-0.05, 0) is 24.5 Å². The second-order valence-electron chi connectivity index (χ2n) is 6.84. The molecule has 0 spiro atoms. The van der Waals surface area contributed by atoms with Crippen molar-refractivity contribution in [2.45, 2.75) is 33.2 Å². The summed E-state index contributed by atoms with van der Waals surface area (Å²) < 4.78 is 1.54. The van der Waals surface area contributed by atoms with Crippen LogP contribution in [0.2, 0.25) is 0 Å². The number of aliphatic carboxylic acids is 1. The number of hydrogen-bond donors (Lipinski definition) is 1. The Bertz CT molecular complexity index is 1090. The summed E-state index contributed by atoms with van der Waals surface area (Å²) in [5, 5.41) is 9.40. The van der Waals surface area contributed by atoms with Crippen molar-refractivity contribution in [3.8, 4) is 0 Å². The van der Waals surface area contributed by atoms with E-state index in [0.717, 1.165) is 12.0 Å². The lowest BCUT2D eigenvalue weighted by atomic mass is 10.2. The molecule has 0 radical (unpaired) electrons. The molecule has 0 fully saturated rings. The zero-order valence-corrected chi connectivity index (χ0v) is 17.2. The predicted molar refractivity (Wildman–Crippen MR) is 113 cm³/mol. The van der Waals surface area contributed by atoms with Crippen molar-refractivity contribution in [1.82, 2.24) is 14.5 Å². The number of aromatic nitrogens is 2. The Hall–Kier alpha value is -3.00. The van der Waals surface area contributed by atoms with Crippen LogP contribution in [0.3, 0.4) is 0 Å². The number of hydrogen-bond acceptors (Lipinski definition) is 5. The van der Waals surface area contributed by atoms with E-state index in [2.05, 4.69) is 4.98 Å². The highest BCUT2D eigenvalue weighted by molar-refractivity contribution is 7.20. The van der Waals surface area contributed by atoms with Crippen molar-refractivity contribution in [3.63, 3.8) is 0 Å². The van der Waals surface area contributed by atoms with Gasteiger partial charge in [0.1, 0.15) is 4.83 Å². The zero-order valence-electron chi connectivity index (χ0n) is 16.4. The van der Waals surface area contributed by atoms with Gasteiger partial charge < -0.3 is 10.0 Å². The number of benzene rings is 1. The maximum atomic E-state index is 13.0. The van der Waals surface area contributed by atoms with E-state index in [9.17, 15) is 14.4 Å². The first-order valence-electron chi connectivity index (χ1n) is 9.46. The number of amides is 1. The van der Waals surface area contributed by atoms with Crippen molar-refractivity contribution < 1.29 is 14.7 Å². The second kappa shape index (κ2) is 9.00. The smallest absolute Gasteiger partial charge is 0.305 e. The van der Waals surface area contributed by atoms with Crippen LogP contribution in [0.1, 0.15) is 40.6 Å². The van der Waals surface area contributed by atoms with E-state index in [1.165, 1.54) is 22.6 Å². The lowest BCUT2D eigenvalue weighted by molar-refractivity contribution is -0.137. The van der Waals surface area contributed by atoms with Crippen molar-refractivity contribution in [2.24, 2.45) is 0 Å². The summed E-state index contributed by atoms with van der Waals surface area (Å²) in [7, 11) is 0. The minimum atomic E-state index is -0.947. The van der Waals surface area contributed by atoms with Crippen LogP contribution in [-0.2, 0) is 11.3 Å². The molecular formula is C21H23N3O4S. The van der Waals surface area contributed by atoms with E-state index in [0.29, 0.717) is 33.7 Å². The molecule has 7 nitrogen and oxygen atoms in total. The van der Waals surface area contributed by atoms with Gasteiger partial charge in [-0.25, -0.2) is 4.98 Å². The first kappa shape index (κ1) is 20.7. The number of rotatable bonds is 8. The van der Waals surface area contributed by atoms with E-state index in [-0.39, 0.29) is 24.4 Å². The highest BCUT2D eigenvalue weighted by Crippen LogP contribution is 2.28. The van der Waals surface area contributed by atoms with Crippen LogP contribution in [0, 0.1) is 6.92 Å². The molecule has 0 aliphatic heterocycles. The summed E-state index contributed by atoms with van der Waals surface area (Å²) in [5.74, 6) is -1.19. The molecule has 3 rings (SSSR count). The van der Waals surface area contributed by atoms with E-state index < -0.39 is 5.97 Å². The Labute approximate surface area is 172 Å². The van der Waals surface area contributed by atoms with Crippen LogP contribution in [0.4, 0.5) is 0 Å². The highest BCUT2D eigenvalue weighted by atomic mass is 32.1. The quantitative estimate of drug-likeness (QED) is 0.612.